The average Bonchev–Trinajstić information content (AvgIpc) is 2.72. The molecule has 1 aromatic heterocycles. The van der Waals surface area contributed by atoms with Crippen molar-refractivity contribution in [3.8, 4) is 16.9 Å². The highest BCUT2D eigenvalue weighted by Gasteiger charge is 2.37. The van der Waals surface area contributed by atoms with Crippen LogP contribution in [-0.4, -0.2) is 46.6 Å². The second-order valence-corrected chi connectivity index (χ2v) is 7.80. The van der Waals surface area contributed by atoms with Crippen LogP contribution < -0.4 is 10.3 Å². The molecule has 1 fully saturated rings. The first-order valence-corrected chi connectivity index (χ1v) is 9.84. The monoisotopic (exact) mass is 396 g/mol. The summed E-state index contributed by atoms with van der Waals surface area (Å²) >= 11 is 0. The minimum absolute atomic E-state index is 0.0156. The number of benzene rings is 1. The highest BCUT2D eigenvalue weighted by molar-refractivity contribution is 5.81. The fourth-order valence-electron chi connectivity index (χ4n) is 4.61. The molecule has 2 aromatic rings. The van der Waals surface area contributed by atoms with Gasteiger partial charge in [-0.15, -0.1) is 0 Å². The summed E-state index contributed by atoms with van der Waals surface area (Å²) < 4.78 is 7.10. The number of hydrogen-bond acceptors (Lipinski definition) is 4. The highest BCUT2D eigenvalue weighted by atomic mass is 16.5. The molecule has 2 aliphatic rings. The number of aromatic nitrogens is 1. The van der Waals surface area contributed by atoms with Gasteiger partial charge in [0.2, 0.25) is 5.91 Å². The third kappa shape index (κ3) is 3.77. The lowest BCUT2D eigenvalue weighted by Gasteiger charge is -2.43. The van der Waals surface area contributed by atoms with E-state index in [-0.39, 0.29) is 36.1 Å². The summed E-state index contributed by atoms with van der Waals surface area (Å²) in [6.45, 7) is 1.67. The van der Waals surface area contributed by atoms with Crippen LogP contribution in [0.15, 0.2) is 41.2 Å². The van der Waals surface area contributed by atoms with Gasteiger partial charge in [0.05, 0.1) is 13.5 Å². The third-order valence-electron chi connectivity index (χ3n) is 5.90. The van der Waals surface area contributed by atoms with Crippen molar-refractivity contribution >= 4 is 11.9 Å². The lowest BCUT2D eigenvalue weighted by atomic mass is 9.80. The number of likely N-dealkylation sites (tertiary alicyclic amines) is 1. The van der Waals surface area contributed by atoms with E-state index in [0.29, 0.717) is 19.6 Å². The number of nitrogens with zero attached hydrogens (tertiary/aromatic N) is 2. The van der Waals surface area contributed by atoms with E-state index in [1.165, 1.54) is 0 Å². The van der Waals surface area contributed by atoms with Gasteiger partial charge in [-0.05, 0) is 36.1 Å². The fraction of sp³-hybridized carbons (Fsp3) is 0.409. The van der Waals surface area contributed by atoms with Crippen LogP contribution in [0, 0.1) is 5.92 Å². The normalized spacial score (nSPS) is 20.1. The Hall–Kier alpha value is -3.09. The van der Waals surface area contributed by atoms with Gasteiger partial charge in [0.15, 0.2) is 0 Å². The summed E-state index contributed by atoms with van der Waals surface area (Å²) in [6, 6.07) is 11.2. The van der Waals surface area contributed by atoms with E-state index in [2.05, 4.69) is 0 Å². The molecule has 7 nitrogen and oxygen atoms in total. The number of hydrogen-bond donors (Lipinski definition) is 1. The Kier molecular flexibility index (Phi) is 5.13. The molecule has 0 unspecified atom stereocenters. The Morgan fingerprint density at radius 3 is 2.52 bits per heavy atom. The van der Waals surface area contributed by atoms with Gasteiger partial charge in [-0.2, -0.15) is 0 Å². The second kappa shape index (κ2) is 7.73. The molecule has 152 valence electrons. The Morgan fingerprint density at radius 1 is 1.07 bits per heavy atom. The van der Waals surface area contributed by atoms with Crippen LogP contribution in [0.3, 0.4) is 0 Å². The first kappa shape index (κ1) is 19.2. The van der Waals surface area contributed by atoms with E-state index in [1.54, 1.807) is 18.1 Å². The molecule has 1 saturated heterocycles. The second-order valence-electron chi connectivity index (χ2n) is 7.80. The molecule has 0 spiro atoms. The number of aliphatic carboxylic acids is 1. The van der Waals surface area contributed by atoms with Crippen molar-refractivity contribution in [1.29, 1.82) is 0 Å². The molecule has 2 atom stereocenters. The number of fused-ring (bicyclic) bond motifs is 4. The lowest BCUT2D eigenvalue weighted by molar-refractivity contribution is -0.141. The van der Waals surface area contributed by atoms with Crippen LogP contribution in [0.4, 0.5) is 0 Å². The summed E-state index contributed by atoms with van der Waals surface area (Å²) in [5.41, 5.74) is 2.95. The summed E-state index contributed by atoms with van der Waals surface area (Å²) in [4.78, 5) is 37.7. The van der Waals surface area contributed by atoms with Gasteiger partial charge in [0.25, 0.3) is 5.56 Å². The van der Waals surface area contributed by atoms with Crippen molar-refractivity contribution in [2.75, 3.05) is 20.2 Å². The van der Waals surface area contributed by atoms with Crippen LogP contribution >= 0.6 is 0 Å². The molecule has 4 rings (SSSR count). The molecule has 1 N–H and O–H groups in total. The zero-order valence-corrected chi connectivity index (χ0v) is 16.3. The molecule has 2 bridgehead atoms. The van der Waals surface area contributed by atoms with Crippen molar-refractivity contribution in [3.63, 3.8) is 0 Å². The average molecular weight is 396 g/mol. The van der Waals surface area contributed by atoms with Gasteiger partial charge < -0.3 is 19.3 Å². The van der Waals surface area contributed by atoms with Gasteiger partial charge in [-0.1, -0.05) is 12.1 Å². The van der Waals surface area contributed by atoms with Crippen LogP contribution in [0.25, 0.3) is 11.1 Å². The Balaban J connectivity index is 1.67. The zero-order valence-electron chi connectivity index (χ0n) is 16.3. The fourth-order valence-corrected chi connectivity index (χ4v) is 4.61. The van der Waals surface area contributed by atoms with E-state index < -0.39 is 5.97 Å². The molecule has 0 radical (unpaired) electrons. The first-order chi connectivity index (χ1) is 14.0. The van der Waals surface area contributed by atoms with E-state index in [4.69, 9.17) is 9.84 Å². The van der Waals surface area contributed by atoms with Crippen molar-refractivity contribution in [2.24, 2.45) is 5.92 Å². The van der Waals surface area contributed by atoms with Crippen molar-refractivity contribution in [2.45, 2.75) is 31.7 Å². The number of methoxy groups -OCH3 is 1. The number of carboxylic acids is 1. The number of amides is 1. The number of carbonyl (C=O) groups excluding carboxylic acids is 1. The Labute approximate surface area is 168 Å². The quantitative estimate of drug-likeness (QED) is 0.838. The molecular weight excluding hydrogens is 372 g/mol. The van der Waals surface area contributed by atoms with E-state index in [9.17, 15) is 14.4 Å². The van der Waals surface area contributed by atoms with Gasteiger partial charge in [-0.25, -0.2) is 0 Å². The number of ether oxygens (including phenoxy) is 1. The number of carbonyl (C=O) groups is 2. The van der Waals surface area contributed by atoms with Crippen LogP contribution in [0.2, 0.25) is 0 Å². The number of piperidine rings is 1. The Bertz CT molecular complexity index is 995. The predicted octanol–water partition coefficient (Wildman–Crippen LogP) is 2.33. The molecule has 7 heteroatoms. The van der Waals surface area contributed by atoms with Gasteiger partial charge in [0, 0.05) is 49.3 Å². The van der Waals surface area contributed by atoms with Crippen LogP contribution in [-0.2, 0) is 16.1 Å². The molecule has 0 aliphatic carbocycles. The van der Waals surface area contributed by atoms with Gasteiger partial charge in [-0.3, -0.25) is 14.4 Å². The molecule has 2 aliphatic heterocycles. The van der Waals surface area contributed by atoms with E-state index in [1.807, 2.05) is 34.9 Å². The minimum Gasteiger partial charge on any atom is -0.497 e. The largest absolute Gasteiger partial charge is 0.497 e. The smallest absolute Gasteiger partial charge is 0.303 e. The molecule has 0 saturated carbocycles. The number of rotatable bonds is 5. The van der Waals surface area contributed by atoms with Crippen molar-refractivity contribution in [1.82, 2.24) is 9.47 Å². The molecule has 3 heterocycles. The minimum atomic E-state index is -0.964. The lowest BCUT2D eigenvalue weighted by Crippen LogP contribution is -2.49. The van der Waals surface area contributed by atoms with Gasteiger partial charge in [0.1, 0.15) is 5.75 Å². The summed E-state index contributed by atoms with van der Waals surface area (Å²) in [5, 5.41) is 8.86. The van der Waals surface area contributed by atoms with Crippen molar-refractivity contribution < 1.29 is 19.4 Å². The Morgan fingerprint density at radius 2 is 1.83 bits per heavy atom. The number of pyridine rings is 1. The topological polar surface area (TPSA) is 88.8 Å². The summed E-state index contributed by atoms with van der Waals surface area (Å²) in [7, 11) is 1.62. The first-order valence-electron chi connectivity index (χ1n) is 9.84. The number of carboxylic acid groups (broad SMARTS) is 1. The third-order valence-corrected chi connectivity index (χ3v) is 5.90. The highest BCUT2D eigenvalue weighted by Crippen LogP contribution is 2.40. The summed E-state index contributed by atoms with van der Waals surface area (Å²) in [6.07, 6.45) is 0.787. The molecular formula is C22H24N2O5. The zero-order chi connectivity index (χ0) is 20.5. The standard InChI is InChI=1S/C22H24N2O5/c1-29-17-4-2-15(3-5-17)18-6-7-20(26)24-12-14-10-16(22(18)24)13-23(11-14)19(25)8-9-21(27)28/h2-7,14,16H,8-13H2,1H3,(H,27,28)/t14-,16+/m0/s1. The maximum absolute atomic E-state index is 12.6. The van der Waals surface area contributed by atoms with E-state index in [0.717, 1.165) is 29.0 Å². The predicted molar refractivity (Wildman–Crippen MR) is 107 cm³/mol. The molecule has 29 heavy (non-hydrogen) atoms. The van der Waals surface area contributed by atoms with Crippen LogP contribution in [0.1, 0.15) is 30.9 Å². The SMILES string of the molecule is COc1ccc(-c2ccc(=O)n3c2[C@@H]2C[C@@H](CN(C(=O)CCC(=O)O)C2)C3)cc1. The van der Waals surface area contributed by atoms with E-state index >= 15 is 0 Å². The van der Waals surface area contributed by atoms with Crippen molar-refractivity contribution in [3.05, 3.63) is 52.4 Å². The van der Waals surface area contributed by atoms with Crippen LogP contribution in [0.5, 0.6) is 5.75 Å². The summed E-state index contributed by atoms with van der Waals surface area (Å²) in [5.74, 6) is -0.0566. The molecule has 1 amide bonds. The molecule has 1 aromatic carbocycles. The maximum Gasteiger partial charge on any atom is 0.303 e. The van der Waals surface area contributed by atoms with Gasteiger partial charge >= 0.3 is 5.97 Å². The maximum atomic E-state index is 12.6.